The van der Waals surface area contributed by atoms with E-state index in [1.165, 1.54) is 13.1 Å². The molecule has 8 nitrogen and oxygen atoms in total. The van der Waals surface area contributed by atoms with E-state index >= 15 is 0 Å². The van der Waals surface area contributed by atoms with Crippen molar-refractivity contribution in [3.8, 4) is 5.75 Å². The number of hydrogen-bond donors (Lipinski definition) is 3. The Morgan fingerprint density at radius 1 is 1.24 bits per heavy atom. The molecular formula is C16H26NO7P. The number of carbonyl (C=O) groups excluding carboxylic acids is 1. The molecule has 0 bridgehead atoms. The Balaban J connectivity index is 2.74. The Bertz CT molecular complexity index is 615. The van der Waals surface area contributed by atoms with Crippen molar-refractivity contribution in [2.45, 2.75) is 65.6 Å². The molecular weight excluding hydrogens is 349 g/mol. The molecule has 0 unspecified atom stereocenters. The Morgan fingerprint density at radius 2 is 1.92 bits per heavy atom. The topological polar surface area (TPSA) is 126 Å². The Morgan fingerprint density at radius 3 is 2.52 bits per heavy atom. The molecule has 0 spiro atoms. The third-order valence-corrected chi connectivity index (χ3v) is 4.07. The molecule has 3 N–H and O–H groups in total. The number of aromatic nitrogens is 1. The molecule has 1 heterocycles. The van der Waals surface area contributed by atoms with Gasteiger partial charge in [0.1, 0.15) is 6.61 Å². The number of aliphatic hydroxyl groups excluding tert-OH is 1. The maximum absolute atomic E-state index is 11.8. The lowest BCUT2D eigenvalue weighted by molar-refractivity contribution is -0.145. The average Bonchev–Trinajstić information content (AvgIpc) is 2.54. The highest BCUT2D eigenvalue weighted by atomic mass is 31.2. The summed E-state index contributed by atoms with van der Waals surface area (Å²) >= 11 is 0. The number of aliphatic hydroxyl groups is 1. The third kappa shape index (κ3) is 7.96. The zero-order valence-electron chi connectivity index (χ0n) is 14.6. The van der Waals surface area contributed by atoms with Crippen molar-refractivity contribution in [1.29, 1.82) is 0 Å². The first kappa shape index (κ1) is 21.6. The first-order chi connectivity index (χ1) is 11.8. The lowest BCUT2D eigenvalue weighted by Gasteiger charge is -2.16. The molecule has 1 aromatic heterocycles. The number of pyridine rings is 1. The van der Waals surface area contributed by atoms with E-state index in [4.69, 9.17) is 14.5 Å². The lowest BCUT2D eigenvalue weighted by atomic mass is 10.1. The molecule has 1 rings (SSSR count). The van der Waals surface area contributed by atoms with Crippen LogP contribution in [0.1, 0.15) is 62.3 Å². The van der Waals surface area contributed by atoms with Crippen LogP contribution in [0.2, 0.25) is 0 Å². The van der Waals surface area contributed by atoms with Crippen LogP contribution in [0.4, 0.5) is 0 Å². The van der Waals surface area contributed by atoms with Crippen molar-refractivity contribution in [2.24, 2.45) is 0 Å². The van der Waals surface area contributed by atoms with E-state index in [9.17, 15) is 14.5 Å². The molecule has 0 radical (unpaired) electrons. The van der Waals surface area contributed by atoms with E-state index in [2.05, 4.69) is 16.4 Å². The van der Waals surface area contributed by atoms with E-state index in [0.29, 0.717) is 0 Å². The van der Waals surface area contributed by atoms with Gasteiger partial charge < -0.3 is 14.4 Å². The standard InChI is InChI=1S/C16H26NO7P/c1-3-4-5-6-7-8-15(19)23-11-14-13(10-18)9-17-12(2)16(14)24-25(20,21)22/h9,18H,3-8,10-11H2,1-2H3,(H2,20,21,22). The summed E-state index contributed by atoms with van der Waals surface area (Å²) in [6.07, 6.45) is 6.64. The Labute approximate surface area is 147 Å². The van der Waals surface area contributed by atoms with Gasteiger partial charge in [-0.2, -0.15) is 0 Å². The molecule has 0 saturated carbocycles. The minimum absolute atomic E-state index is 0.171. The summed E-state index contributed by atoms with van der Waals surface area (Å²) in [6.45, 7) is 2.95. The van der Waals surface area contributed by atoms with Crippen LogP contribution >= 0.6 is 7.82 Å². The summed E-state index contributed by atoms with van der Waals surface area (Å²) in [6, 6.07) is 0. The van der Waals surface area contributed by atoms with Gasteiger partial charge in [-0.1, -0.05) is 32.6 Å². The highest BCUT2D eigenvalue weighted by Gasteiger charge is 2.23. The molecule has 25 heavy (non-hydrogen) atoms. The summed E-state index contributed by atoms with van der Waals surface area (Å²) in [5.41, 5.74) is 0.716. The number of unbranched alkanes of at least 4 members (excludes halogenated alkanes) is 4. The van der Waals surface area contributed by atoms with E-state index in [1.54, 1.807) is 0 Å². The SMILES string of the molecule is CCCCCCCC(=O)OCc1c(CO)cnc(C)c1OP(=O)(O)O. The van der Waals surface area contributed by atoms with Gasteiger partial charge in [0.05, 0.1) is 12.3 Å². The Hall–Kier alpha value is -1.47. The van der Waals surface area contributed by atoms with Crippen LogP contribution in [0.3, 0.4) is 0 Å². The molecule has 142 valence electrons. The maximum Gasteiger partial charge on any atom is 0.524 e. The van der Waals surface area contributed by atoms with Crippen molar-refractivity contribution < 1.29 is 33.5 Å². The summed E-state index contributed by atoms with van der Waals surface area (Å²) in [7, 11) is -4.81. The fourth-order valence-corrected chi connectivity index (χ4v) is 2.79. The smallest absolute Gasteiger partial charge is 0.461 e. The van der Waals surface area contributed by atoms with Crippen molar-refractivity contribution in [3.63, 3.8) is 0 Å². The maximum atomic E-state index is 11.8. The quantitative estimate of drug-likeness (QED) is 0.306. The zero-order valence-corrected chi connectivity index (χ0v) is 15.5. The van der Waals surface area contributed by atoms with Gasteiger partial charge in [0, 0.05) is 23.7 Å². The summed E-state index contributed by atoms with van der Waals surface area (Å²) in [4.78, 5) is 33.8. The normalized spacial score (nSPS) is 11.4. The van der Waals surface area contributed by atoms with Gasteiger partial charge in [-0.15, -0.1) is 0 Å². The molecule has 0 aliphatic rings. The van der Waals surface area contributed by atoms with Crippen LogP contribution in [-0.4, -0.2) is 25.8 Å². The first-order valence-corrected chi connectivity index (χ1v) is 9.80. The number of hydrogen-bond acceptors (Lipinski definition) is 6. The fourth-order valence-electron chi connectivity index (χ4n) is 2.31. The minimum Gasteiger partial charge on any atom is -0.461 e. The number of carbonyl (C=O) groups is 1. The Kier molecular flexibility index (Phi) is 9.06. The van der Waals surface area contributed by atoms with Gasteiger partial charge in [-0.3, -0.25) is 19.6 Å². The monoisotopic (exact) mass is 375 g/mol. The van der Waals surface area contributed by atoms with Gasteiger partial charge in [0.25, 0.3) is 0 Å². The largest absolute Gasteiger partial charge is 0.524 e. The van der Waals surface area contributed by atoms with Crippen LogP contribution in [0.15, 0.2) is 6.20 Å². The van der Waals surface area contributed by atoms with Gasteiger partial charge in [0.15, 0.2) is 5.75 Å². The predicted octanol–water partition coefficient (Wildman–Crippen LogP) is 2.76. The van der Waals surface area contributed by atoms with Crippen molar-refractivity contribution in [1.82, 2.24) is 4.98 Å². The molecule has 0 saturated heterocycles. The fraction of sp³-hybridized carbons (Fsp3) is 0.625. The predicted molar refractivity (Wildman–Crippen MR) is 90.7 cm³/mol. The average molecular weight is 375 g/mol. The van der Waals surface area contributed by atoms with Crippen molar-refractivity contribution >= 4 is 13.8 Å². The summed E-state index contributed by atoms with van der Waals surface area (Å²) in [5.74, 6) is -0.576. The van der Waals surface area contributed by atoms with E-state index in [-0.39, 0.29) is 35.6 Å². The molecule has 0 aliphatic heterocycles. The van der Waals surface area contributed by atoms with Crippen LogP contribution in [-0.2, 0) is 27.3 Å². The molecule has 0 aliphatic carbocycles. The van der Waals surface area contributed by atoms with Gasteiger partial charge >= 0.3 is 13.8 Å². The van der Waals surface area contributed by atoms with Crippen LogP contribution in [0.25, 0.3) is 0 Å². The molecule has 9 heteroatoms. The van der Waals surface area contributed by atoms with E-state index in [1.807, 2.05) is 0 Å². The number of phosphoric acid groups is 1. The number of phosphoric ester groups is 1. The molecule has 0 atom stereocenters. The number of rotatable bonds is 11. The van der Waals surface area contributed by atoms with Crippen LogP contribution in [0.5, 0.6) is 5.75 Å². The first-order valence-electron chi connectivity index (χ1n) is 8.27. The zero-order chi connectivity index (χ0) is 18.9. The van der Waals surface area contributed by atoms with Gasteiger partial charge in [-0.05, 0) is 13.3 Å². The second-order valence-electron chi connectivity index (χ2n) is 5.74. The highest BCUT2D eigenvalue weighted by molar-refractivity contribution is 7.46. The van der Waals surface area contributed by atoms with E-state index in [0.717, 1.165) is 32.1 Å². The van der Waals surface area contributed by atoms with Gasteiger partial charge in [-0.25, -0.2) is 4.57 Å². The van der Waals surface area contributed by atoms with Gasteiger partial charge in [0.2, 0.25) is 0 Å². The minimum atomic E-state index is -4.81. The number of nitrogens with zero attached hydrogens (tertiary/aromatic N) is 1. The second kappa shape index (κ2) is 10.5. The summed E-state index contributed by atoms with van der Waals surface area (Å²) in [5, 5.41) is 9.39. The van der Waals surface area contributed by atoms with Crippen molar-refractivity contribution in [3.05, 3.63) is 23.0 Å². The molecule has 0 aromatic carbocycles. The number of esters is 1. The van der Waals surface area contributed by atoms with Crippen LogP contribution < -0.4 is 4.52 Å². The lowest BCUT2D eigenvalue weighted by Crippen LogP contribution is -2.09. The molecule has 0 fully saturated rings. The third-order valence-electron chi connectivity index (χ3n) is 3.65. The highest BCUT2D eigenvalue weighted by Crippen LogP contribution is 2.41. The van der Waals surface area contributed by atoms with Crippen LogP contribution in [0, 0.1) is 6.92 Å². The molecule has 1 aromatic rings. The number of ether oxygens (including phenoxy) is 1. The number of aryl methyl sites for hydroxylation is 1. The van der Waals surface area contributed by atoms with E-state index < -0.39 is 20.4 Å². The molecule has 0 amide bonds. The van der Waals surface area contributed by atoms with Crippen molar-refractivity contribution in [2.75, 3.05) is 0 Å². The summed E-state index contributed by atoms with van der Waals surface area (Å²) < 4.78 is 21.0. The second-order valence-corrected chi connectivity index (χ2v) is 6.91.